The van der Waals surface area contributed by atoms with Crippen molar-refractivity contribution in [3.63, 3.8) is 0 Å². The Morgan fingerprint density at radius 2 is 1.89 bits per heavy atom. The Balaban J connectivity index is 1.51. The van der Waals surface area contributed by atoms with Gasteiger partial charge in [0.2, 0.25) is 5.95 Å². The first-order chi connectivity index (χ1) is 13.3. The van der Waals surface area contributed by atoms with E-state index in [1.54, 1.807) is 12.3 Å². The number of aromatic nitrogens is 3. The van der Waals surface area contributed by atoms with Gasteiger partial charge in [-0.15, -0.1) is 0 Å². The van der Waals surface area contributed by atoms with Gasteiger partial charge in [0, 0.05) is 34.6 Å². The van der Waals surface area contributed by atoms with Crippen LogP contribution in [0.3, 0.4) is 0 Å². The maximum atomic E-state index is 5.66. The molecule has 0 saturated carbocycles. The van der Waals surface area contributed by atoms with Crippen molar-refractivity contribution >= 4 is 34.1 Å². The Bertz CT molecular complexity index is 1200. The van der Waals surface area contributed by atoms with E-state index in [9.17, 15) is 0 Å². The molecule has 5 rings (SSSR count). The van der Waals surface area contributed by atoms with Gasteiger partial charge >= 0.3 is 0 Å². The number of pyridine rings is 1. The molecule has 0 unspecified atom stereocenters. The third-order valence-electron chi connectivity index (χ3n) is 4.58. The molecule has 2 aromatic carbocycles. The van der Waals surface area contributed by atoms with E-state index >= 15 is 0 Å². The number of anilines is 3. The topological polar surface area (TPSA) is 89.1 Å². The van der Waals surface area contributed by atoms with Gasteiger partial charge < -0.3 is 11.1 Å². The molecule has 0 saturated heterocycles. The van der Waals surface area contributed by atoms with Crippen LogP contribution in [0.4, 0.5) is 17.5 Å². The average Bonchev–Trinajstić information content (AvgIpc) is 3.11. The Morgan fingerprint density at radius 3 is 2.81 bits per heavy atom. The van der Waals surface area contributed by atoms with Crippen LogP contribution in [-0.4, -0.2) is 20.7 Å². The molecule has 0 amide bonds. The van der Waals surface area contributed by atoms with Gasteiger partial charge in [0.1, 0.15) is 5.82 Å². The minimum absolute atomic E-state index is 0.241. The zero-order valence-corrected chi connectivity index (χ0v) is 14.4. The minimum Gasteiger partial charge on any atom is -0.368 e. The van der Waals surface area contributed by atoms with Gasteiger partial charge in [0.25, 0.3) is 0 Å². The van der Waals surface area contributed by atoms with E-state index < -0.39 is 0 Å². The van der Waals surface area contributed by atoms with Crippen LogP contribution in [0, 0.1) is 0 Å². The number of nitrogens with two attached hydrogens (primary N) is 1. The summed E-state index contributed by atoms with van der Waals surface area (Å²) in [6, 6.07) is 18.2. The second-order valence-electron chi connectivity index (χ2n) is 6.38. The normalized spacial score (nSPS) is 12.7. The summed E-state index contributed by atoms with van der Waals surface area (Å²) in [5.74, 6) is 0.900. The van der Waals surface area contributed by atoms with E-state index in [-0.39, 0.29) is 5.95 Å². The van der Waals surface area contributed by atoms with Crippen LogP contribution in [0.2, 0.25) is 0 Å². The number of nitrogens with one attached hydrogen (secondary N) is 1. The average molecular weight is 352 g/mol. The molecule has 0 fully saturated rings. The van der Waals surface area contributed by atoms with Gasteiger partial charge in [0.05, 0.1) is 17.8 Å². The summed E-state index contributed by atoms with van der Waals surface area (Å²) < 4.78 is 0. The number of fused-ring (bicyclic) bond motifs is 2. The predicted octanol–water partition coefficient (Wildman–Crippen LogP) is 3.70. The van der Waals surface area contributed by atoms with E-state index in [4.69, 9.17) is 10.7 Å². The molecule has 0 bridgehead atoms. The number of hydrogen-bond acceptors (Lipinski definition) is 6. The molecule has 2 aromatic heterocycles. The molecule has 0 spiro atoms. The van der Waals surface area contributed by atoms with Crippen molar-refractivity contribution in [2.24, 2.45) is 4.99 Å². The van der Waals surface area contributed by atoms with Gasteiger partial charge in [-0.3, -0.25) is 9.98 Å². The number of nitrogen functional groups attached to an aromatic ring is 1. The minimum atomic E-state index is 0.241. The molecule has 3 N–H and O–H groups in total. The monoisotopic (exact) mass is 352 g/mol. The smallest absolute Gasteiger partial charge is 0.221 e. The number of para-hydroxylation sites is 1. The van der Waals surface area contributed by atoms with Crippen LogP contribution >= 0.6 is 0 Å². The third-order valence-corrected chi connectivity index (χ3v) is 4.58. The number of hydrogen-bond donors (Lipinski definition) is 2. The van der Waals surface area contributed by atoms with Crippen molar-refractivity contribution in [2.75, 3.05) is 11.1 Å². The van der Waals surface area contributed by atoms with Crippen LogP contribution in [0.25, 0.3) is 10.9 Å². The number of benzene rings is 2. The van der Waals surface area contributed by atoms with Gasteiger partial charge in [-0.25, -0.2) is 4.98 Å². The molecule has 1 aliphatic heterocycles. The van der Waals surface area contributed by atoms with Gasteiger partial charge in [-0.2, -0.15) is 4.98 Å². The van der Waals surface area contributed by atoms with Crippen molar-refractivity contribution in [1.82, 2.24) is 15.0 Å². The highest BCUT2D eigenvalue weighted by Gasteiger charge is 2.18. The van der Waals surface area contributed by atoms with Crippen LogP contribution < -0.4 is 11.1 Å². The van der Waals surface area contributed by atoms with E-state index in [0.717, 1.165) is 33.4 Å². The molecule has 0 atom stereocenters. The van der Waals surface area contributed by atoms with E-state index in [1.165, 1.54) is 5.56 Å². The first kappa shape index (κ1) is 15.5. The maximum absolute atomic E-state index is 5.66. The first-order valence-electron chi connectivity index (χ1n) is 8.65. The molecule has 1 aliphatic rings. The molecular formula is C21H16N6. The number of rotatable bonds is 3. The first-order valence-corrected chi connectivity index (χ1v) is 8.65. The highest BCUT2D eigenvalue weighted by Crippen LogP contribution is 2.28. The lowest BCUT2D eigenvalue weighted by atomic mass is 9.99. The summed E-state index contributed by atoms with van der Waals surface area (Å²) in [7, 11) is 0. The van der Waals surface area contributed by atoms with Gasteiger partial charge in [-0.1, -0.05) is 24.3 Å². The molecule has 3 heterocycles. The fourth-order valence-electron chi connectivity index (χ4n) is 3.30. The van der Waals surface area contributed by atoms with Crippen molar-refractivity contribution in [2.45, 2.75) is 6.54 Å². The summed E-state index contributed by atoms with van der Waals surface area (Å²) in [6.07, 6.45) is 3.52. The molecule has 4 aromatic rings. The van der Waals surface area contributed by atoms with Crippen molar-refractivity contribution in [1.29, 1.82) is 0 Å². The van der Waals surface area contributed by atoms with Crippen molar-refractivity contribution in [3.8, 4) is 0 Å². The molecular weight excluding hydrogens is 336 g/mol. The standard InChI is InChI=1S/C21H16N6/c22-21-23-8-7-19(27-21)26-16-6-5-14-11-25-20(17(14)10-16)15-9-13-3-1-2-4-18(13)24-12-15/h1-10,12H,11H2,(H3,22,23,26,27). The summed E-state index contributed by atoms with van der Waals surface area (Å²) in [6.45, 7) is 0.679. The fourth-order valence-corrected chi connectivity index (χ4v) is 3.30. The van der Waals surface area contributed by atoms with Gasteiger partial charge in [-0.05, 0) is 35.9 Å². The Hall–Kier alpha value is -3.80. The Kier molecular flexibility index (Phi) is 3.53. The SMILES string of the molecule is Nc1nccc(Nc2ccc3c(c2)C(c2cnc4ccccc4c2)=NC3)n1. The number of nitrogens with zero attached hydrogens (tertiary/aromatic N) is 4. The highest BCUT2D eigenvalue weighted by molar-refractivity contribution is 6.16. The lowest BCUT2D eigenvalue weighted by molar-refractivity contribution is 1.11. The molecule has 0 aliphatic carbocycles. The van der Waals surface area contributed by atoms with Crippen molar-refractivity contribution < 1.29 is 0 Å². The van der Waals surface area contributed by atoms with Gasteiger partial charge in [0.15, 0.2) is 0 Å². The molecule has 6 heteroatoms. The van der Waals surface area contributed by atoms with Crippen molar-refractivity contribution in [3.05, 3.63) is 83.7 Å². The number of aliphatic imine (C=N–C) groups is 1. The Morgan fingerprint density at radius 1 is 0.963 bits per heavy atom. The fraction of sp³-hybridized carbons (Fsp3) is 0.0476. The largest absolute Gasteiger partial charge is 0.368 e. The van der Waals surface area contributed by atoms with Crippen LogP contribution in [0.15, 0.2) is 72.0 Å². The van der Waals surface area contributed by atoms with Crippen LogP contribution in [0.5, 0.6) is 0 Å². The molecule has 6 nitrogen and oxygen atoms in total. The predicted molar refractivity (Wildman–Crippen MR) is 107 cm³/mol. The summed E-state index contributed by atoms with van der Waals surface area (Å²) in [5.41, 5.74) is 11.9. The summed E-state index contributed by atoms with van der Waals surface area (Å²) >= 11 is 0. The summed E-state index contributed by atoms with van der Waals surface area (Å²) in [5, 5.41) is 4.38. The van der Waals surface area contributed by atoms with Crippen LogP contribution in [-0.2, 0) is 6.54 Å². The lowest BCUT2D eigenvalue weighted by Crippen LogP contribution is -2.04. The molecule has 27 heavy (non-hydrogen) atoms. The van der Waals surface area contributed by atoms with E-state index in [2.05, 4.69) is 44.5 Å². The van der Waals surface area contributed by atoms with E-state index in [1.807, 2.05) is 30.5 Å². The second-order valence-corrected chi connectivity index (χ2v) is 6.38. The summed E-state index contributed by atoms with van der Waals surface area (Å²) in [4.78, 5) is 17.4. The maximum Gasteiger partial charge on any atom is 0.221 e. The third kappa shape index (κ3) is 2.87. The zero-order valence-electron chi connectivity index (χ0n) is 14.4. The van der Waals surface area contributed by atoms with Crippen LogP contribution in [0.1, 0.15) is 16.7 Å². The quantitative estimate of drug-likeness (QED) is 0.587. The second kappa shape index (κ2) is 6.17. The zero-order chi connectivity index (χ0) is 18.2. The molecule has 130 valence electrons. The Labute approximate surface area is 155 Å². The highest BCUT2D eigenvalue weighted by atomic mass is 15.1. The van der Waals surface area contributed by atoms with E-state index in [0.29, 0.717) is 12.4 Å². The lowest BCUT2D eigenvalue weighted by Gasteiger charge is -2.10. The molecule has 0 radical (unpaired) electrons.